The summed E-state index contributed by atoms with van der Waals surface area (Å²) in [5.41, 5.74) is 7.83. The molecule has 0 radical (unpaired) electrons. The molecule has 0 aliphatic carbocycles. The van der Waals surface area contributed by atoms with Crippen molar-refractivity contribution in [3.05, 3.63) is 75.2 Å². The monoisotopic (exact) mass is 481 g/mol. The third kappa shape index (κ3) is 3.49. The largest absolute Gasteiger partial charge is 0.388 e. The molecule has 0 unspecified atom stereocenters. The zero-order valence-electron chi connectivity index (χ0n) is 14.9. The van der Waals surface area contributed by atoms with Crippen molar-refractivity contribution in [2.45, 2.75) is 6.92 Å². The number of benzene rings is 3. The lowest BCUT2D eigenvalue weighted by Crippen LogP contribution is -1.99. The van der Waals surface area contributed by atoms with Crippen LogP contribution in [0.5, 0.6) is 0 Å². The molecule has 0 aliphatic heterocycles. The molecule has 27 heavy (non-hydrogen) atoms. The van der Waals surface area contributed by atoms with E-state index in [0.717, 1.165) is 53.7 Å². The first-order valence-corrected chi connectivity index (χ1v) is 10.2. The summed E-state index contributed by atoms with van der Waals surface area (Å²) in [5, 5.41) is 3.23. The van der Waals surface area contributed by atoms with Gasteiger partial charge in [0.05, 0.1) is 22.4 Å². The molecule has 0 saturated carbocycles. The fourth-order valence-electron chi connectivity index (χ4n) is 3.14. The number of nitrogens with one attached hydrogen (secondary N) is 1. The van der Waals surface area contributed by atoms with Crippen LogP contribution in [0.15, 0.2) is 69.6 Å². The third-order valence-corrected chi connectivity index (χ3v) is 5.65. The third-order valence-electron chi connectivity index (χ3n) is 4.59. The van der Waals surface area contributed by atoms with Gasteiger partial charge < -0.3 is 5.32 Å². The van der Waals surface area contributed by atoms with Gasteiger partial charge in [-0.3, -0.25) is 0 Å². The summed E-state index contributed by atoms with van der Waals surface area (Å²) in [4.78, 5) is 10.0. The molecular weight excluding hydrogens is 466 g/mol. The number of halogens is 2. The standard InChI is InChI=1S/C22H17Br2N3/c1-13-18(25-2)11-12-19-20(13)27-22(15-5-9-17(24)10-6-15)21(26-19)14-3-7-16(23)8-4-14/h3-12,25H,1-2H3. The van der Waals surface area contributed by atoms with Gasteiger partial charge in [0.15, 0.2) is 0 Å². The van der Waals surface area contributed by atoms with Crippen molar-refractivity contribution < 1.29 is 0 Å². The molecule has 1 aromatic heterocycles. The fourth-order valence-corrected chi connectivity index (χ4v) is 3.67. The summed E-state index contributed by atoms with van der Waals surface area (Å²) < 4.78 is 2.08. The van der Waals surface area contributed by atoms with Gasteiger partial charge in [-0.2, -0.15) is 0 Å². The molecule has 3 aromatic carbocycles. The molecule has 1 N–H and O–H groups in total. The average Bonchev–Trinajstić information content (AvgIpc) is 2.69. The maximum Gasteiger partial charge on any atom is 0.0973 e. The molecule has 0 spiro atoms. The highest BCUT2D eigenvalue weighted by molar-refractivity contribution is 9.10. The molecule has 0 fully saturated rings. The summed E-state index contributed by atoms with van der Waals surface area (Å²) in [6.07, 6.45) is 0. The molecule has 4 aromatic rings. The van der Waals surface area contributed by atoms with Crippen molar-refractivity contribution in [2.24, 2.45) is 0 Å². The lowest BCUT2D eigenvalue weighted by atomic mass is 10.0. The number of hydrogen-bond acceptors (Lipinski definition) is 3. The zero-order valence-corrected chi connectivity index (χ0v) is 18.1. The minimum absolute atomic E-state index is 0.883. The highest BCUT2D eigenvalue weighted by atomic mass is 79.9. The first-order chi connectivity index (χ1) is 13.1. The van der Waals surface area contributed by atoms with Gasteiger partial charge >= 0.3 is 0 Å². The van der Waals surface area contributed by atoms with E-state index in [1.807, 2.05) is 37.4 Å². The lowest BCUT2D eigenvalue weighted by molar-refractivity contribution is 1.27. The average molecular weight is 483 g/mol. The van der Waals surface area contributed by atoms with Gasteiger partial charge in [0, 0.05) is 38.4 Å². The quantitative estimate of drug-likeness (QED) is 0.347. The Balaban J connectivity index is 2.03. The summed E-state index contributed by atoms with van der Waals surface area (Å²) in [5.74, 6) is 0. The second kappa shape index (κ2) is 7.41. The van der Waals surface area contributed by atoms with Crippen LogP contribution in [0.1, 0.15) is 5.56 Å². The number of fused-ring (bicyclic) bond motifs is 1. The SMILES string of the molecule is CNc1ccc2nc(-c3ccc(Br)cc3)c(-c3ccc(Br)cc3)nc2c1C. The van der Waals surface area contributed by atoms with Gasteiger partial charge in [0.1, 0.15) is 0 Å². The molecule has 0 bridgehead atoms. The molecule has 0 atom stereocenters. The van der Waals surface area contributed by atoms with Gasteiger partial charge in [0.2, 0.25) is 0 Å². The van der Waals surface area contributed by atoms with Gasteiger partial charge in [0.25, 0.3) is 0 Å². The van der Waals surface area contributed by atoms with E-state index in [9.17, 15) is 0 Å². The van der Waals surface area contributed by atoms with Gasteiger partial charge in [-0.1, -0.05) is 56.1 Å². The van der Waals surface area contributed by atoms with Gasteiger partial charge in [-0.15, -0.1) is 0 Å². The van der Waals surface area contributed by atoms with Gasteiger partial charge in [-0.25, -0.2) is 9.97 Å². The van der Waals surface area contributed by atoms with Crippen LogP contribution in [0.3, 0.4) is 0 Å². The molecule has 134 valence electrons. The Morgan fingerprint density at radius 2 is 1.22 bits per heavy atom. The predicted octanol–water partition coefficient (Wildman–Crippen LogP) is 6.84. The number of nitrogens with zero attached hydrogens (tertiary/aromatic N) is 2. The number of aromatic nitrogens is 2. The van der Waals surface area contributed by atoms with Crippen molar-refractivity contribution in [1.29, 1.82) is 0 Å². The van der Waals surface area contributed by atoms with E-state index in [4.69, 9.17) is 9.97 Å². The van der Waals surface area contributed by atoms with Crippen LogP contribution in [-0.2, 0) is 0 Å². The molecule has 3 nitrogen and oxygen atoms in total. The van der Waals surface area contributed by atoms with E-state index in [0.29, 0.717) is 0 Å². The number of rotatable bonds is 3. The Hall–Kier alpha value is -2.24. The van der Waals surface area contributed by atoms with Crippen LogP contribution in [0.4, 0.5) is 5.69 Å². The highest BCUT2D eigenvalue weighted by Gasteiger charge is 2.15. The first-order valence-electron chi connectivity index (χ1n) is 8.58. The van der Waals surface area contributed by atoms with E-state index in [2.05, 4.69) is 74.4 Å². The Morgan fingerprint density at radius 1 is 0.704 bits per heavy atom. The minimum atomic E-state index is 0.883. The van der Waals surface area contributed by atoms with E-state index >= 15 is 0 Å². The van der Waals surface area contributed by atoms with Crippen LogP contribution >= 0.6 is 31.9 Å². The number of anilines is 1. The van der Waals surface area contributed by atoms with E-state index in [1.54, 1.807) is 0 Å². The Labute approximate surface area is 175 Å². The Kier molecular flexibility index (Phi) is 4.98. The molecule has 5 heteroatoms. The van der Waals surface area contributed by atoms with Crippen LogP contribution in [0, 0.1) is 6.92 Å². The second-order valence-electron chi connectivity index (χ2n) is 6.29. The molecule has 0 amide bonds. The first kappa shape index (κ1) is 18.1. The van der Waals surface area contributed by atoms with E-state index in [1.165, 1.54) is 0 Å². The topological polar surface area (TPSA) is 37.8 Å². The van der Waals surface area contributed by atoms with Crippen LogP contribution in [0.2, 0.25) is 0 Å². The van der Waals surface area contributed by atoms with Crippen molar-refractivity contribution in [3.8, 4) is 22.5 Å². The maximum absolute atomic E-state index is 5.05. The molecule has 1 heterocycles. The van der Waals surface area contributed by atoms with Crippen molar-refractivity contribution in [1.82, 2.24) is 9.97 Å². The second-order valence-corrected chi connectivity index (χ2v) is 8.12. The molecule has 4 rings (SSSR count). The predicted molar refractivity (Wildman–Crippen MR) is 120 cm³/mol. The fraction of sp³-hybridized carbons (Fsp3) is 0.0909. The highest BCUT2D eigenvalue weighted by Crippen LogP contribution is 2.34. The summed E-state index contributed by atoms with van der Waals surface area (Å²) in [6.45, 7) is 2.08. The summed E-state index contributed by atoms with van der Waals surface area (Å²) in [7, 11) is 1.92. The van der Waals surface area contributed by atoms with E-state index < -0.39 is 0 Å². The van der Waals surface area contributed by atoms with Gasteiger partial charge in [-0.05, 0) is 43.3 Å². The van der Waals surface area contributed by atoms with Crippen LogP contribution in [0.25, 0.3) is 33.5 Å². The van der Waals surface area contributed by atoms with Crippen LogP contribution in [-0.4, -0.2) is 17.0 Å². The van der Waals surface area contributed by atoms with Crippen molar-refractivity contribution in [2.75, 3.05) is 12.4 Å². The molecule has 0 aliphatic rings. The van der Waals surface area contributed by atoms with Crippen LogP contribution < -0.4 is 5.32 Å². The smallest absolute Gasteiger partial charge is 0.0973 e. The maximum atomic E-state index is 5.05. The molecular formula is C22H17Br2N3. The zero-order chi connectivity index (χ0) is 19.0. The Bertz CT molecular complexity index is 1120. The number of aryl methyl sites for hydroxylation is 1. The van der Waals surface area contributed by atoms with E-state index in [-0.39, 0.29) is 0 Å². The normalized spacial score (nSPS) is 11.0. The minimum Gasteiger partial charge on any atom is -0.388 e. The number of hydrogen-bond donors (Lipinski definition) is 1. The van der Waals surface area contributed by atoms with Crippen molar-refractivity contribution >= 4 is 48.6 Å². The van der Waals surface area contributed by atoms with Crippen molar-refractivity contribution in [3.63, 3.8) is 0 Å². The Morgan fingerprint density at radius 3 is 1.74 bits per heavy atom. The molecule has 0 saturated heterocycles. The summed E-state index contributed by atoms with van der Waals surface area (Å²) in [6, 6.07) is 20.5. The summed E-state index contributed by atoms with van der Waals surface area (Å²) >= 11 is 7.02. The lowest BCUT2D eigenvalue weighted by Gasteiger charge is -2.14.